The number of para-hydroxylation sites is 1. The summed E-state index contributed by atoms with van der Waals surface area (Å²) >= 11 is 1.26. The van der Waals surface area contributed by atoms with E-state index >= 15 is 0 Å². The van der Waals surface area contributed by atoms with Crippen LogP contribution in [0.25, 0.3) is 10.8 Å². The number of aliphatic carboxylic acids is 1. The average molecular weight is 638 g/mol. The van der Waals surface area contributed by atoms with Crippen molar-refractivity contribution in [3.8, 4) is 16.5 Å². The van der Waals surface area contributed by atoms with Crippen molar-refractivity contribution in [3.05, 3.63) is 53.4 Å². The molecule has 13 heteroatoms. The molecule has 2 amide bonds. The Morgan fingerprint density at radius 2 is 1.96 bits per heavy atom. The first-order chi connectivity index (χ1) is 21.6. The van der Waals surface area contributed by atoms with E-state index in [0.29, 0.717) is 58.7 Å². The third-order valence-corrected chi connectivity index (χ3v) is 10.3. The zero-order valence-electron chi connectivity index (χ0n) is 25.2. The molecule has 1 spiro atoms. The van der Waals surface area contributed by atoms with Gasteiger partial charge in [-0.05, 0) is 51.2 Å². The second-order valence-corrected chi connectivity index (χ2v) is 12.8. The van der Waals surface area contributed by atoms with Crippen LogP contribution in [-0.2, 0) is 23.9 Å². The number of benzene rings is 1. The van der Waals surface area contributed by atoms with E-state index in [-0.39, 0.29) is 31.3 Å². The Bertz CT molecular complexity index is 1610. The number of hydrogen-bond acceptors (Lipinski definition) is 10. The van der Waals surface area contributed by atoms with Gasteiger partial charge in [0, 0.05) is 24.7 Å². The first-order valence-electron chi connectivity index (χ1n) is 14.9. The molecule has 1 aromatic carbocycles. The maximum Gasteiger partial charge on any atom is 0.325 e. The van der Waals surface area contributed by atoms with Gasteiger partial charge in [0.05, 0.1) is 36.4 Å². The Hall–Kier alpha value is -4.07. The molecule has 2 aromatic heterocycles. The predicted molar refractivity (Wildman–Crippen MR) is 162 cm³/mol. The molecule has 0 bridgehead atoms. The maximum absolute atomic E-state index is 14.6. The lowest BCUT2D eigenvalue weighted by atomic mass is 9.56. The molecule has 0 unspecified atom stereocenters. The monoisotopic (exact) mass is 637 g/mol. The van der Waals surface area contributed by atoms with Crippen LogP contribution in [0, 0.1) is 18.3 Å². The van der Waals surface area contributed by atoms with Crippen LogP contribution >= 0.6 is 11.3 Å². The van der Waals surface area contributed by atoms with E-state index in [1.54, 1.807) is 12.0 Å². The van der Waals surface area contributed by atoms with Crippen molar-refractivity contribution in [2.45, 2.75) is 57.8 Å². The summed E-state index contributed by atoms with van der Waals surface area (Å²) in [6.07, 6.45) is 3.61. The summed E-state index contributed by atoms with van der Waals surface area (Å²) in [7, 11) is 1.58. The highest BCUT2D eigenvalue weighted by molar-refractivity contribution is 7.20. The Labute approximate surface area is 263 Å². The van der Waals surface area contributed by atoms with Gasteiger partial charge in [0.2, 0.25) is 17.7 Å². The average Bonchev–Trinajstić information content (AvgIpc) is 3.66. The molecular weight excluding hydrogens is 602 g/mol. The number of fused-ring (bicyclic) bond motifs is 1. The molecule has 3 aliphatic rings. The van der Waals surface area contributed by atoms with Crippen LogP contribution in [0.1, 0.15) is 60.2 Å². The van der Waals surface area contributed by atoms with E-state index in [4.69, 9.17) is 18.6 Å². The van der Waals surface area contributed by atoms with Crippen molar-refractivity contribution in [1.82, 2.24) is 10.3 Å². The number of aromatic nitrogens is 1. The highest BCUT2D eigenvalue weighted by Crippen LogP contribution is 2.57. The first-order valence-corrected chi connectivity index (χ1v) is 15.8. The third kappa shape index (κ3) is 5.53. The molecule has 3 aromatic rings. The standard InChI is InChI=1S/C32H35N3O9S/c1-17-24-26(36)32(14-19(15-32)27(37)34-18(2)30(38)39)31(40)35(29(24)45-25(17)28-33-10-13-43-28)16-23(44-20-8-11-42-12-9-20)21-6-4-5-7-22(21)41-3/h4-7,10,13,18-20,23H,8-9,11-12,14-16H2,1-3H3,(H,34,37)(H,38,39)/t18-,19-,23-,32+/m0/s1. The number of carbonyl (C=O) groups is 4. The number of carboxylic acids is 1. The summed E-state index contributed by atoms with van der Waals surface area (Å²) in [5, 5.41) is 12.2. The number of ether oxygens (including phenoxy) is 3. The molecule has 2 fully saturated rings. The molecule has 45 heavy (non-hydrogen) atoms. The van der Waals surface area contributed by atoms with E-state index in [9.17, 15) is 24.3 Å². The summed E-state index contributed by atoms with van der Waals surface area (Å²) in [6, 6.07) is 6.40. The van der Waals surface area contributed by atoms with Crippen molar-refractivity contribution < 1.29 is 42.9 Å². The van der Waals surface area contributed by atoms with Crippen LogP contribution in [0.3, 0.4) is 0 Å². The van der Waals surface area contributed by atoms with Crippen LogP contribution in [0.4, 0.5) is 5.00 Å². The number of amides is 2. The summed E-state index contributed by atoms with van der Waals surface area (Å²) in [5.41, 5.74) is 0.341. The van der Waals surface area contributed by atoms with Gasteiger partial charge in [-0.25, -0.2) is 4.98 Å². The van der Waals surface area contributed by atoms with E-state index in [0.717, 1.165) is 5.56 Å². The van der Waals surface area contributed by atoms with Crippen molar-refractivity contribution in [2.24, 2.45) is 11.3 Å². The number of thiophene rings is 1. The highest BCUT2D eigenvalue weighted by atomic mass is 32.1. The van der Waals surface area contributed by atoms with Crippen LogP contribution in [0.5, 0.6) is 5.75 Å². The first kappa shape index (κ1) is 30.9. The van der Waals surface area contributed by atoms with Crippen LogP contribution in [0.15, 0.2) is 41.1 Å². The van der Waals surface area contributed by atoms with E-state index in [2.05, 4.69) is 10.3 Å². The minimum atomic E-state index is -1.47. The number of nitrogens with one attached hydrogen (secondary N) is 1. The highest BCUT2D eigenvalue weighted by Gasteiger charge is 2.63. The van der Waals surface area contributed by atoms with E-state index in [1.807, 2.05) is 31.2 Å². The van der Waals surface area contributed by atoms with Gasteiger partial charge in [-0.15, -0.1) is 11.3 Å². The fourth-order valence-corrected chi connectivity index (χ4v) is 7.68. The lowest BCUT2D eigenvalue weighted by molar-refractivity contribution is -0.146. The molecule has 2 N–H and O–H groups in total. The number of anilines is 1. The van der Waals surface area contributed by atoms with Gasteiger partial charge >= 0.3 is 5.97 Å². The van der Waals surface area contributed by atoms with Gasteiger partial charge in [-0.3, -0.25) is 24.1 Å². The summed E-state index contributed by atoms with van der Waals surface area (Å²) in [5.74, 6) is -2.15. The lowest BCUT2D eigenvalue weighted by Gasteiger charge is -2.49. The van der Waals surface area contributed by atoms with Crippen molar-refractivity contribution in [3.63, 3.8) is 0 Å². The van der Waals surface area contributed by atoms with Gasteiger partial charge in [0.25, 0.3) is 0 Å². The fourth-order valence-electron chi connectivity index (χ4n) is 6.43. The quantitative estimate of drug-likeness (QED) is 0.309. The summed E-state index contributed by atoms with van der Waals surface area (Å²) in [4.78, 5) is 59.6. The largest absolute Gasteiger partial charge is 0.496 e. The predicted octanol–water partition coefficient (Wildman–Crippen LogP) is 4.17. The number of Topliss-reactive ketones (excluding diaryl/α,β-unsaturated/α-hetero) is 1. The number of carbonyl (C=O) groups excluding carboxylic acids is 3. The van der Waals surface area contributed by atoms with Crippen molar-refractivity contribution in [1.29, 1.82) is 0 Å². The van der Waals surface area contributed by atoms with E-state index in [1.165, 1.54) is 30.7 Å². The van der Waals surface area contributed by atoms with Crippen LogP contribution < -0.4 is 15.0 Å². The molecular formula is C32H35N3O9S. The molecule has 1 aliphatic carbocycles. The zero-order chi connectivity index (χ0) is 31.9. The Morgan fingerprint density at radius 3 is 2.62 bits per heavy atom. The Morgan fingerprint density at radius 1 is 1.22 bits per heavy atom. The number of hydrogen-bond donors (Lipinski definition) is 2. The van der Waals surface area contributed by atoms with Gasteiger partial charge in [-0.2, -0.15) is 0 Å². The van der Waals surface area contributed by atoms with Crippen LogP contribution in [0.2, 0.25) is 0 Å². The lowest BCUT2D eigenvalue weighted by Crippen LogP contribution is -2.62. The van der Waals surface area contributed by atoms with Gasteiger partial charge < -0.3 is 29.1 Å². The normalized spacial score (nSPS) is 22.9. The number of oxazole rings is 1. The second-order valence-electron chi connectivity index (χ2n) is 11.8. The second kappa shape index (κ2) is 12.4. The number of carboxylic acid groups (broad SMARTS) is 1. The van der Waals surface area contributed by atoms with Gasteiger partial charge in [0.1, 0.15) is 34.6 Å². The topological polar surface area (TPSA) is 158 Å². The third-order valence-electron chi connectivity index (χ3n) is 8.97. The number of methoxy groups -OCH3 is 1. The van der Waals surface area contributed by atoms with Crippen LogP contribution in [-0.4, -0.2) is 72.7 Å². The Kier molecular flexibility index (Phi) is 8.51. The van der Waals surface area contributed by atoms with Gasteiger partial charge in [0.15, 0.2) is 5.78 Å². The Balaban J connectivity index is 1.39. The van der Waals surface area contributed by atoms with Gasteiger partial charge in [-0.1, -0.05) is 18.2 Å². The van der Waals surface area contributed by atoms with E-state index < -0.39 is 41.3 Å². The van der Waals surface area contributed by atoms with Crippen molar-refractivity contribution in [2.75, 3.05) is 31.8 Å². The number of nitrogens with zero attached hydrogens (tertiary/aromatic N) is 2. The zero-order valence-corrected chi connectivity index (χ0v) is 26.1. The minimum Gasteiger partial charge on any atom is -0.496 e. The SMILES string of the molecule is COc1ccccc1[C@H](CN1c2sc(-c3ncco3)c(C)c2C(=O)[C@]2(C[C@H](C(=O)N[C@@H](C)C(=O)O)C2)C1=O)OC1CCOCC1. The molecule has 4 heterocycles. The summed E-state index contributed by atoms with van der Waals surface area (Å²) < 4.78 is 23.5. The molecule has 1 saturated heterocycles. The molecule has 2 atom stereocenters. The van der Waals surface area contributed by atoms with Crippen molar-refractivity contribution >= 4 is 39.9 Å². The molecule has 238 valence electrons. The fraction of sp³-hybridized carbons (Fsp3) is 0.469. The number of rotatable bonds is 10. The molecule has 1 saturated carbocycles. The summed E-state index contributed by atoms with van der Waals surface area (Å²) in [6.45, 7) is 4.41. The molecule has 2 aliphatic heterocycles. The maximum atomic E-state index is 14.6. The smallest absolute Gasteiger partial charge is 0.325 e. The molecule has 6 rings (SSSR count). The molecule has 0 radical (unpaired) electrons. The molecule has 12 nitrogen and oxygen atoms in total. The number of ketones is 1. The minimum absolute atomic E-state index is 0.0253.